The Hall–Kier alpha value is -1.59. The number of carboxylic acids is 1. The molecule has 1 aliphatic carbocycles. The van der Waals surface area contributed by atoms with E-state index in [0.717, 1.165) is 12.8 Å². The summed E-state index contributed by atoms with van der Waals surface area (Å²) in [6.45, 7) is 3.29. The van der Waals surface area contributed by atoms with Gasteiger partial charge < -0.3 is 15.3 Å². The van der Waals surface area contributed by atoms with E-state index in [1.807, 2.05) is 6.92 Å². The fourth-order valence-corrected chi connectivity index (χ4v) is 2.67. The maximum atomic E-state index is 12.0. The van der Waals surface area contributed by atoms with Crippen LogP contribution in [0.15, 0.2) is 0 Å². The van der Waals surface area contributed by atoms with E-state index in [1.54, 1.807) is 4.90 Å². The van der Waals surface area contributed by atoms with Crippen LogP contribution >= 0.6 is 0 Å². The van der Waals surface area contributed by atoms with Crippen LogP contribution in [-0.2, 0) is 14.4 Å². The third-order valence-electron chi connectivity index (χ3n) is 4.21. The second-order valence-electron chi connectivity index (χ2n) is 5.88. The van der Waals surface area contributed by atoms with Crippen molar-refractivity contribution in [2.75, 3.05) is 19.6 Å². The van der Waals surface area contributed by atoms with Gasteiger partial charge in [0, 0.05) is 32.0 Å². The lowest BCUT2D eigenvalue weighted by Gasteiger charge is -2.30. The molecule has 6 nitrogen and oxygen atoms in total. The largest absolute Gasteiger partial charge is 0.481 e. The molecule has 0 aromatic heterocycles. The molecule has 0 spiro atoms. The Morgan fingerprint density at radius 1 is 1.35 bits per heavy atom. The van der Waals surface area contributed by atoms with Gasteiger partial charge in [0.15, 0.2) is 0 Å². The van der Waals surface area contributed by atoms with Gasteiger partial charge >= 0.3 is 5.97 Å². The average molecular weight is 282 g/mol. The predicted octanol–water partition coefficient (Wildman–Crippen LogP) is 0.472. The number of carboxylic acid groups (broad SMARTS) is 1. The lowest BCUT2D eigenvalue weighted by Crippen LogP contribution is -2.43. The van der Waals surface area contributed by atoms with E-state index in [4.69, 9.17) is 5.11 Å². The van der Waals surface area contributed by atoms with Crippen molar-refractivity contribution in [2.45, 2.75) is 32.6 Å². The Bertz CT molecular complexity index is 410. The SMILES string of the molecule is CC1CC1C(=O)NCCC(=O)N1CCCC(C(=O)O)C1. The molecule has 1 aliphatic heterocycles. The Morgan fingerprint density at radius 3 is 2.65 bits per heavy atom. The van der Waals surface area contributed by atoms with E-state index in [1.165, 1.54) is 0 Å². The highest BCUT2D eigenvalue weighted by atomic mass is 16.4. The monoisotopic (exact) mass is 282 g/mol. The topological polar surface area (TPSA) is 86.7 Å². The molecule has 2 fully saturated rings. The summed E-state index contributed by atoms with van der Waals surface area (Å²) in [4.78, 5) is 36.1. The van der Waals surface area contributed by atoms with Crippen LogP contribution in [-0.4, -0.2) is 47.4 Å². The highest BCUT2D eigenvalue weighted by Gasteiger charge is 2.38. The Labute approximate surface area is 118 Å². The summed E-state index contributed by atoms with van der Waals surface area (Å²) in [6, 6.07) is 0. The molecule has 2 rings (SSSR count). The van der Waals surface area contributed by atoms with Crippen molar-refractivity contribution in [3.05, 3.63) is 0 Å². The standard InChI is InChI=1S/C14H22N2O4/c1-9-7-11(9)13(18)15-5-4-12(17)16-6-2-3-10(8-16)14(19)20/h9-11H,2-8H2,1H3,(H,15,18)(H,19,20). The van der Waals surface area contributed by atoms with Crippen LogP contribution in [0.1, 0.15) is 32.6 Å². The molecule has 0 bridgehead atoms. The number of hydrogen-bond donors (Lipinski definition) is 2. The molecule has 0 radical (unpaired) electrons. The Morgan fingerprint density at radius 2 is 2.05 bits per heavy atom. The van der Waals surface area contributed by atoms with Crippen molar-refractivity contribution in [3.63, 3.8) is 0 Å². The second kappa shape index (κ2) is 6.24. The van der Waals surface area contributed by atoms with Gasteiger partial charge in [0.25, 0.3) is 0 Å². The van der Waals surface area contributed by atoms with Gasteiger partial charge in [0.05, 0.1) is 5.92 Å². The van der Waals surface area contributed by atoms with Crippen LogP contribution in [0.5, 0.6) is 0 Å². The minimum Gasteiger partial charge on any atom is -0.481 e. The first-order chi connectivity index (χ1) is 9.49. The predicted molar refractivity (Wildman–Crippen MR) is 71.8 cm³/mol. The minimum absolute atomic E-state index is 0.0346. The molecular formula is C14H22N2O4. The summed E-state index contributed by atoms with van der Waals surface area (Å²) in [5, 5.41) is 11.8. The first kappa shape index (κ1) is 14.8. The van der Waals surface area contributed by atoms with Crippen LogP contribution in [0.25, 0.3) is 0 Å². The fraction of sp³-hybridized carbons (Fsp3) is 0.786. The maximum absolute atomic E-state index is 12.0. The normalized spacial score (nSPS) is 28.9. The molecule has 0 aromatic carbocycles. The zero-order valence-corrected chi connectivity index (χ0v) is 11.8. The zero-order valence-electron chi connectivity index (χ0n) is 11.8. The molecule has 3 atom stereocenters. The van der Waals surface area contributed by atoms with E-state index in [9.17, 15) is 14.4 Å². The van der Waals surface area contributed by atoms with Crippen molar-refractivity contribution in [2.24, 2.45) is 17.8 Å². The van der Waals surface area contributed by atoms with Gasteiger partial charge in [-0.05, 0) is 25.2 Å². The average Bonchev–Trinajstić information content (AvgIpc) is 3.16. The molecule has 1 saturated heterocycles. The van der Waals surface area contributed by atoms with E-state index in [2.05, 4.69) is 5.32 Å². The molecule has 1 heterocycles. The second-order valence-corrected chi connectivity index (χ2v) is 5.88. The van der Waals surface area contributed by atoms with Crippen molar-refractivity contribution < 1.29 is 19.5 Å². The molecule has 6 heteroatoms. The first-order valence-corrected chi connectivity index (χ1v) is 7.27. The van der Waals surface area contributed by atoms with Crippen molar-refractivity contribution in [1.82, 2.24) is 10.2 Å². The van der Waals surface area contributed by atoms with Gasteiger partial charge in [0.1, 0.15) is 0 Å². The van der Waals surface area contributed by atoms with Crippen LogP contribution in [0.2, 0.25) is 0 Å². The molecule has 112 valence electrons. The number of piperidine rings is 1. The summed E-state index contributed by atoms with van der Waals surface area (Å²) >= 11 is 0. The fourth-order valence-electron chi connectivity index (χ4n) is 2.67. The number of aliphatic carboxylic acids is 1. The Balaban J connectivity index is 1.69. The van der Waals surface area contributed by atoms with Crippen LogP contribution < -0.4 is 5.32 Å². The number of rotatable bonds is 5. The van der Waals surface area contributed by atoms with Gasteiger partial charge in [-0.1, -0.05) is 6.92 Å². The molecule has 0 aromatic rings. The van der Waals surface area contributed by atoms with E-state index < -0.39 is 11.9 Å². The van der Waals surface area contributed by atoms with Crippen LogP contribution in [0.3, 0.4) is 0 Å². The smallest absolute Gasteiger partial charge is 0.308 e. The van der Waals surface area contributed by atoms with Gasteiger partial charge in [-0.3, -0.25) is 14.4 Å². The number of likely N-dealkylation sites (tertiary alicyclic amines) is 1. The van der Waals surface area contributed by atoms with Gasteiger partial charge in [-0.2, -0.15) is 0 Å². The van der Waals surface area contributed by atoms with Gasteiger partial charge in [-0.25, -0.2) is 0 Å². The Kier molecular flexibility index (Phi) is 4.62. The third-order valence-corrected chi connectivity index (χ3v) is 4.21. The van der Waals surface area contributed by atoms with E-state index >= 15 is 0 Å². The van der Waals surface area contributed by atoms with Gasteiger partial charge in [-0.15, -0.1) is 0 Å². The van der Waals surface area contributed by atoms with Crippen molar-refractivity contribution >= 4 is 17.8 Å². The van der Waals surface area contributed by atoms with Crippen LogP contribution in [0.4, 0.5) is 0 Å². The minimum atomic E-state index is -0.835. The van der Waals surface area contributed by atoms with Crippen molar-refractivity contribution in [3.8, 4) is 0 Å². The van der Waals surface area contributed by atoms with E-state index in [-0.39, 0.29) is 24.2 Å². The summed E-state index contributed by atoms with van der Waals surface area (Å²) < 4.78 is 0. The molecular weight excluding hydrogens is 260 g/mol. The molecule has 1 saturated carbocycles. The highest BCUT2D eigenvalue weighted by Crippen LogP contribution is 2.37. The lowest BCUT2D eigenvalue weighted by atomic mass is 9.98. The third kappa shape index (κ3) is 3.71. The molecule has 2 N–H and O–H groups in total. The first-order valence-electron chi connectivity index (χ1n) is 7.27. The number of carbonyl (C=O) groups excluding carboxylic acids is 2. The molecule has 2 aliphatic rings. The van der Waals surface area contributed by atoms with Crippen molar-refractivity contribution in [1.29, 1.82) is 0 Å². The summed E-state index contributed by atoms with van der Waals surface area (Å²) in [5.41, 5.74) is 0. The highest BCUT2D eigenvalue weighted by molar-refractivity contribution is 5.82. The quantitative estimate of drug-likeness (QED) is 0.767. The summed E-state index contributed by atoms with van der Waals surface area (Å²) in [7, 11) is 0. The number of hydrogen-bond acceptors (Lipinski definition) is 3. The number of nitrogens with one attached hydrogen (secondary N) is 1. The molecule has 20 heavy (non-hydrogen) atoms. The van der Waals surface area contributed by atoms with E-state index in [0.29, 0.717) is 32.0 Å². The lowest BCUT2D eigenvalue weighted by molar-refractivity contribution is -0.145. The summed E-state index contributed by atoms with van der Waals surface area (Å²) in [5.74, 6) is -0.735. The molecule has 3 unspecified atom stereocenters. The zero-order chi connectivity index (χ0) is 14.7. The number of nitrogens with zero attached hydrogens (tertiary/aromatic N) is 1. The summed E-state index contributed by atoms with van der Waals surface area (Å²) in [6.07, 6.45) is 2.55. The number of carbonyl (C=O) groups is 3. The number of amides is 2. The van der Waals surface area contributed by atoms with Gasteiger partial charge in [0.2, 0.25) is 11.8 Å². The van der Waals surface area contributed by atoms with Crippen LogP contribution in [0, 0.1) is 17.8 Å². The maximum Gasteiger partial charge on any atom is 0.308 e. The molecule has 2 amide bonds.